The summed E-state index contributed by atoms with van der Waals surface area (Å²) in [5.74, 6) is 1.31. The Labute approximate surface area is 105 Å². The fourth-order valence-electron chi connectivity index (χ4n) is 2.57. The average Bonchev–Trinajstić information content (AvgIpc) is 2.99. The first kappa shape index (κ1) is 11.3. The number of imidazole rings is 1. The number of aromatic nitrogens is 2. The standard InChI is InChI=1S/C13H17N3O2/c1-18-10-2-3-11-12(6-10)16(13(17)15-11)8-9-4-5-14-7-9/h2-3,6,9,14H,4-5,7-8H2,1H3,(H,15,17). The first-order valence-corrected chi connectivity index (χ1v) is 6.25. The van der Waals surface area contributed by atoms with Gasteiger partial charge in [-0.15, -0.1) is 0 Å². The number of fused-ring (bicyclic) bond motifs is 1. The van der Waals surface area contributed by atoms with E-state index in [0.717, 1.165) is 42.8 Å². The van der Waals surface area contributed by atoms with Crippen LogP contribution < -0.4 is 15.7 Å². The van der Waals surface area contributed by atoms with Crippen molar-refractivity contribution >= 4 is 11.0 Å². The lowest BCUT2D eigenvalue weighted by atomic mass is 10.1. The lowest BCUT2D eigenvalue weighted by Gasteiger charge is -2.09. The van der Waals surface area contributed by atoms with Crippen LogP contribution in [-0.2, 0) is 6.54 Å². The molecule has 0 bridgehead atoms. The first-order valence-electron chi connectivity index (χ1n) is 6.25. The van der Waals surface area contributed by atoms with Gasteiger partial charge < -0.3 is 15.0 Å². The zero-order chi connectivity index (χ0) is 12.5. The molecule has 1 unspecified atom stereocenters. The van der Waals surface area contributed by atoms with Crippen LogP contribution in [0.2, 0.25) is 0 Å². The average molecular weight is 247 g/mol. The number of ether oxygens (including phenoxy) is 1. The van der Waals surface area contributed by atoms with Crippen molar-refractivity contribution in [3.8, 4) is 5.75 Å². The number of methoxy groups -OCH3 is 1. The molecule has 0 saturated carbocycles. The van der Waals surface area contributed by atoms with Gasteiger partial charge in [-0.2, -0.15) is 0 Å². The van der Waals surface area contributed by atoms with Crippen molar-refractivity contribution in [1.29, 1.82) is 0 Å². The highest BCUT2D eigenvalue weighted by Gasteiger charge is 2.17. The summed E-state index contributed by atoms with van der Waals surface area (Å²) >= 11 is 0. The number of rotatable bonds is 3. The summed E-state index contributed by atoms with van der Waals surface area (Å²) in [4.78, 5) is 14.9. The van der Waals surface area contributed by atoms with Crippen molar-refractivity contribution in [2.24, 2.45) is 5.92 Å². The van der Waals surface area contributed by atoms with Gasteiger partial charge >= 0.3 is 5.69 Å². The van der Waals surface area contributed by atoms with Crippen LogP contribution in [-0.4, -0.2) is 29.8 Å². The van der Waals surface area contributed by atoms with Gasteiger partial charge in [-0.05, 0) is 37.6 Å². The molecule has 0 amide bonds. The third-order valence-electron chi connectivity index (χ3n) is 3.59. The highest BCUT2D eigenvalue weighted by molar-refractivity contribution is 5.77. The second-order valence-electron chi connectivity index (χ2n) is 4.78. The van der Waals surface area contributed by atoms with Gasteiger partial charge in [0.1, 0.15) is 5.75 Å². The predicted molar refractivity (Wildman–Crippen MR) is 70.1 cm³/mol. The van der Waals surface area contributed by atoms with Crippen molar-refractivity contribution in [3.63, 3.8) is 0 Å². The third kappa shape index (κ3) is 1.90. The van der Waals surface area contributed by atoms with E-state index >= 15 is 0 Å². The maximum absolute atomic E-state index is 12.0. The van der Waals surface area contributed by atoms with Crippen LogP contribution in [0.25, 0.3) is 11.0 Å². The summed E-state index contributed by atoms with van der Waals surface area (Å²) in [6, 6.07) is 5.66. The van der Waals surface area contributed by atoms with E-state index in [9.17, 15) is 4.79 Å². The molecule has 96 valence electrons. The molecule has 1 aliphatic rings. The Kier molecular flexibility index (Phi) is 2.83. The zero-order valence-corrected chi connectivity index (χ0v) is 10.4. The Bertz CT molecular complexity index is 608. The molecule has 1 fully saturated rings. The van der Waals surface area contributed by atoms with Gasteiger partial charge in [-0.3, -0.25) is 4.57 Å². The Hall–Kier alpha value is -1.75. The maximum Gasteiger partial charge on any atom is 0.326 e. The lowest BCUT2D eigenvalue weighted by Crippen LogP contribution is -2.22. The van der Waals surface area contributed by atoms with Crippen LogP contribution in [0.3, 0.4) is 0 Å². The van der Waals surface area contributed by atoms with Gasteiger partial charge in [0.2, 0.25) is 0 Å². The minimum atomic E-state index is -0.0369. The highest BCUT2D eigenvalue weighted by Crippen LogP contribution is 2.20. The number of hydrogen-bond donors (Lipinski definition) is 2. The van der Waals surface area contributed by atoms with Crippen molar-refractivity contribution < 1.29 is 4.74 Å². The van der Waals surface area contributed by atoms with E-state index in [1.165, 1.54) is 0 Å². The lowest BCUT2D eigenvalue weighted by molar-refractivity contribution is 0.415. The van der Waals surface area contributed by atoms with Crippen LogP contribution in [0.4, 0.5) is 0 Å². The number of nitrogens with one attached hydrogen (secondary N) is 2. The third-order valence-corrected chi connectivity index (χ3v) is 3.59. The molecule has 1 aliphatic heterocycles. The largest absolute Gasteiger partial charge is 0.497 e. The predicted octanol–water partition coefficient (Wildman–Crippen LogP) is 0.948. The molecule has 5 nitrogen and oxygen atoms in total. The van der Waals surface area contributed by atoms with Crippen molar-refractivity contribution in [2.75, 3.05) is 20.2 Å². The number of nitrogens with zero attached hydrogens (tertiary/aromatic N) is 1. The maximum atomic E-state index is 12.0. The fourth-order valence-corrected chi connectivity index (χ4v) is 2.57. The summed E-state index contributed by atoms with van der Waals surface area (Å²) < 4.78 is 7.03. The fraction of sp³-hybridized carbons (Fsp3) is 0.462. The first-order chi connectivity index (χ1) is 8.78. The highest BCUT2D eigenvalue weighted by atomic mass is 16.5. The molecule has 2 aromatic rings. The van der Waals surface area contributed by atoms with Crippen LogP contribution >= 0.6 is 0 Å². The second-order valence-corrected chi connectivity index (χ2v) is 4.78. The smallest absolute Gasteiger partial charge is 0.326 e. The summed E-state index contributed by atoms with van der Waals surface area (Å²) in [7, 11) is 1.64. The van der Waals surface area contributed by atoms with Gasteiger partial charge in [-0.25, -0.2) is 4.79 Å². The van der Waals surface area contributed by atoms with Crippen molar-refractivity contribution in [1.82, 2.24) is 14.9 Å². The normalized spacial score (nSPS) is 19.5. The summed E-state index contributed by atoms with van der Waals surface area (Å²) in [6.45, 7) is 2.80. The van der Waals surface area contributed by atoms with Crippen LogP contribution in [0.5, 0.6) is 5.75 Å². The molecule has 1 aromatic carbocycles. The van der Waals surface area contributed by atoms with Crippen molar-refractivity contribution in [2.45, 2.75) is 13.0 Å². The van der Waals surface area contributed by atoms with Gasteiger partial charge in [-0.1, -0.05) is 0 Å². The van der Waals surface area contributed by atoms with E-state index in [-0.39, 0.29) is 5.69 Å². The van der Waals surface area contributed by atoms with E-state index in [2.05, 4.69) is 10.3 Å². The van der Waals surface area contributed by atoms with Gasteiger partial charge in [0.15, 0.2) is 0 Å². The molecule has 1 aromatic heterocycles. The summed E-state index contributed by atoms with van der Waals surface area (Å²) in [6.07, 6.45) is 1.13. The Morgan fingerprint density at radius 2 is 2.39 bits per heavy atom. The Morgan fingerprint density at radius 1 is 1.50 bits per heavy atom. The number of hydrogen-bond acceptors (Lipinski definition) is 3. The molecular weight excluding hydrogens is 230 g/mol. The minimum Gasteiger partial charge on any atom is -0.497 e. The SMILES string of the molecule is COc1ccc2[nH]c(=O)n(CC3CCNC3)c2c1. The number of H-pyrrole nitrogens is 1. The van der Waals surface area contributed by atoms with E-state index in [0.29, 0.717) is 5.92 Å². The molecule has 1 saturated heterocycles. The number of benzene rings is 1. The Morgan fingerprint density at radius 3 is 3.11 bits per heavy atom. The quantitative estimate of drug-likeness (QED) is 0.849. The summed E-state index contributed by atoms with van der Waals surface area (Å²) in [5, 5.41) is 3.32. The van der Waals surface area contributed by atoms with Gasteiger partial charge in [0.05, 0.1) is 18.1 Å². The monoisotopic (exact) mass is 247 g/mol. The van der Waals surface area contributed by atoms with Gasteiger partial charge in [0.25, 0.3) is 0 Å². The molecule has 0 spiro atoms. The number of aromatic amines is 1. The van der Waals surface area contributed by atoms with Gasteiger partial charge in [0, 0.05) is 12.6 Å². The molecule has 3 rings (SSSR count). The van der Waals surface area contributed by atoms with Crippen LogP contribution in [0.1, 0.15) is 6.42 Å². The van der Waals surface area contributed by atoms with E-state index in [1.54, 1.807) is 7.11 Å². The molecule has 1 atom stereocenters. The van der Waals surface area contributed by atoms with Crippen LogP contribution in [0.15, 0.2) is 23.0 Å². The molecular formula is C13H17N3O2. The van der Waals surface area contributed by atoms with Crippen molar-refractivity contribution in [3.05, 3.63) is 28.7 Å². The topological polar surface area (TPSA) is 59.1 Å². The molecule has 2 N–H and O–H groups in total. The van der Waals surface area contributed by atoms with E-state index in [4.69, 9.17) is 4.74 Å². The molecule has 18 heavy (non-hydrogen) atoms. The molecule has 0 aliphatic carbocycles. The van der Waals surface area contributed by atoms with E-state index in [1.807, 2.05) is 22.8 Å². The second kappa shape index (κ2) is 4.49. The van der Waals surface area contributed by atoms with E-state index < -0.39 is 0 Å². The molecule has 0 radical (unpaired) electrons. The summed E-state index contributed by atoms with van der Waals surface area (Å²) in [5.41, 5.74) is 1.75. The Balaban J connectivity index is 2.02. The molecule has 5 heteroatoms. The zero-order valence-electron chi connectivity index (χ0n) is 10.4. The molecule has 2 heterocycles. The minimum absolute atomic E-state index is 0.0369. The van der Waals surface area contributed by atoms with Crippen LogP contribution in [0, 0.1) is 5.92 Å².